The van der Waals surface area contributed by atoms with E-state index in [0.29, 0.717) is 49.5 Å². The zero-order chi connectivity index (χ0) is 19.6. The van der Waals surface area contributed by atoms with E-state index in [-0.39, 0.29) is 23.6 Å². The molecule has 3 heterocycles. The molecule has 9 heteroatoms. The summed E-state index contributed by atoms with van der Waals surface area (Å²) in [5, 5.41) is 13.4. The third-order valence-corrected chi connectivity index (χ3v) is 5.02. The Labute approximate surface area is 161 Å². The monoisotopic (exact) mass is 394 g/mol. The quantitative estimate of drug-likeness (QED) is 0.394. The molecule has 0 aliphatic carbocycles. The van der Waals surface area contributed by atoms with Crippen molar-refractivity contribution in [2.24, 2.45) is 0 Å². The van der Waals surface area contributed by atoms with Crippen LogP contribution in [0.4, 0.5) is 5.69 Å². The number of H-pyrrole nitrogens is 2. The molecule has 4 aromatic rings. The summed E-state index contributed by atoms with van der Waals surface area (Å²) in [6.45, 7) is 0. The molecule has 1 aliphatic rings. The molecular formula is C19H11ClN4O4. The number of carboxylic acid groups (broad SMARTS) is 1. The first-order valence-corrected chi connectivity index (χ1v) is 8.70. The van der Waals surface area contributed by atoms with Crippen LogP contribution in [0, 0.1) is 0 Å². The van der Waals surface area contributed by atoms with Gasteiger partial charge in [0.15, 0.2) is 0 Å². The Balaban J connectivity index is 1.95. The van der Waals surface area contributed by atoms with Gasteiger partial charge in [-0.1, -0.05) is 11.6 Å². The van der Waals surface area contributed by atoms with Crippen LogP contribution < -0.4 is 11.0 Å². The molecule has 1 amide bonds. The normalized spacial score (nSPS) is 13.1. The zero-order valence-electron chi connectivity index (χ0n) is 14.1. The molecule has 0 fully saturated rings. The van der Waals surface area contributed by atoms with E-state index in [4.69, 9.17) is 11.6 Å². The summed E-state index contributed by atoms with van der Waals surface area (Å²) >= 11 is 6.05. The number of rotatable bonds is 1. The third-order valence-electron chi connectivity index (χ3n) is 4.78. The van der Waals surface area contributed by atoms with E-state index < -0.39 is 5.97 Å². The molecule has 0 bridgehead atoms. The summed E-state index contributed by atoms with van der Waals surface area (Å²) in [6, 6.07) is 8.10. The number of nitrogens with zero attached hydrogens (tertiary/aromatic N) is 1. The molecular weight excluding hydrogens is 384 g/mol. The van der Waals surface area contributed by atoms with Crippen molar-refractivity contribution in [2.75, 3.05) is 5.32 Å². The van der Waals surface area contributed by atoms with Gasteiger partial charge in [0.2, 0.25) is 5.91 Å². The van der Waals surface area contributed by atoms with Crippen LogP contribution in [0.15, 0.2) is 35.1 Å². The fraction of sp³-hybridized carbons (Fsp3) is 0.0526. The van der Waals surface area contributed by atoms with Crippen LogP contribution in [0.1, 0.15) is 15.9 Å². The smallest absolute Gasteiger partial charge is 0.336 e. The van der Waals surface area contributed by atoms with Crippen LogP contribution >= 0.6 is 11.6 Å². The lowest BCUT2D eigenvalue weighted by Gasteiger charge is -2.13. The van der Waals surface area contributed by atoms with Crippen LogP contribution in [-0.2, 0) is 11.2 Å². The molecule has 1 aliphatic heterocycles. The average molecular weight is 395 g/mol. The van der Waals surface area contributed by atoms with Crippen molar-refractivity contribution in [3.05, 3.63) is 57.0 Å². The second-order valence-electron chi connectivity index (χ2n) is 6.53. The summed E-state index contributed by atoms with van der Waals surface area (Å²) in [7, 11) is 0. The number of carbonyl (C=O) groups excluding carboxylic acids is 1. The number of benzene rings is 2. The fourth-order valence-corrected chi connectivity index (χ4v) is 3.82. The van der Waals surface area contributed by atoms with Crippen molar-refractivity contribution in [3.8, 4) is 11.3 Å². The van der Waals surface area contributed by atoms with E-state index in [2.05, 4.69) is 20.3 Å². The highest BCUT2D eigenvalue weighted by molar-refractivity contribution is 6.31. The lowest BCUT2D eigenvalue weighted by atomic mass is 9.95. The molecule has 28 heavy (non-hydrogen) atoms. The molecule has 138 valence electrons. The SMILES string of the molecule is O=C1Cc2c(nc3ccc(Cl)cc3c2C(=O)O)-c2cc3[nH]c(=O)[nH]c3cc2N1. The first kappa shape index (κ1) is 16.5. The number of carboxylic acids is 1. The maximum absolute atomic E-state index is 12.5. The molecule has 8 nitrogen and oxygen atoms in total. The van der Waals surface area contributed by atoms with Crippen molar-refractivity contribution >= 4 is 51.1 Å². The second-order valence-corrected chi connectivity index (χ2v) is 6.96. The van der Waals surface area contributed by atoms with Crippen molar-refractivity contribution in [1.82, 2.24) is 15.0 Å². The molecule has 0 unspecified atom stereocenters. The number of hydrogen-bond donors (Lipinski definition) is 4. The van der Waals surface area contributed by atoms with Crippen LogP contribution in [-0.4, -0.2) is 31.9 Å². The number of aromatic nitrogens is 3. The summed E-state index contributed by atoms with van der Waals surface area (Å²) in [6.07, 6.45) is -0.147. The van der Waals surface area contributed by atoms with E-state index >= 15 is 0 Å². The highest BCUT2D eigenvalue weighted by Crippen LogP contribution is 2.38. The van der Waals surface area contributed by atoms with Gasteiger partial charge < -0.3 is 20.4 Å². The van der Waals surface area contributed by atoms with Gasteiger partial charge in [-0.25, -0.2) is 14.6 Å². The number of hydrogen-bond acceptors (Lipinski definition) is 4. The summed E-state index contributed by atoms with van der Waals surface area (Å²) in [4.78, 5) is 46.1. The average Bonchev–Trinajstić information content (AvgIpc) is 2.92. The van der Waals surface area contributed by atoms with Gasteiger partial charge in [0.05, 0.1) is 39.9 Å². The van der Waals surface area contributed by atoms with Crippen molar-refractivity contribution in [3.63, 3.8) is 0 Å². The minimum absolute atomic E-state index is 0.00633. The highest BCUT2D eigenvalue weighted by Gasteiger charge is 2.28. The predicted octanol–water partition coefficient (Wildman–Crippen LogP) is 2.92. The van der Waals surface area contributed by atoms with Gasteiger partial charge in [0, 0.05) is 21.5 Å². The Hall–Kier alpha value is -3.65. The molecule has 5 rings (SSSR count). The first-order chi connectivity index (χ1) is 13.4. The van der Waals surface area contributed by atoms with Gasteiger partial charge >= 0.3 is 11.7 Å². The lowest BCUT2D eigenvalue weighted by Crippen LogP contribution is -2.15. The summed E-state index contributed by atoms with van der Waals surface area (Å²) in [5.74, 6) is -1.54. The molecule has 0 saturated carbocycles. The van der Waals surface area contributed by atoms with Gasteiger partial charge in [-0.2, -0.15) is 0 Å². The predicted molar refractivity (Wildman–Crippen MR) is 104 cm³/mol. The number of pyridine rings is 1. The Morgan fingerprint density at radius 2 is 1.86 bits per heavy atom. The molecule has 4 N–H and O–H groups in total. The largest absolute Gasteiger partial charge is 0.478 e. The molecule has 2 aromatic heterocycles. The topological polar surface area (TPSA) is 128 Å². The third kappa shape index (κ3) is 2.39. The number of amides is 1. The van der Waals surface area contributed by atoms with Crippen LogP contribution in [0.5, 0.6) is 0 Å². The minimum atomic E-state index is -1.17. The van der Waals surface area contributed by atoms with Gasteiger partial charge in [-0.05, 0) is 30.3 Å². The van der Waals surface area contributed by atoms with Gasteiger partial charge in [0.25, 0.3) is 0 Å². The zero-order valence-corrected chi connectivity index (χ0v) is 14.8. The van der Waals surface area contributed by atoms with Crippen molar-refractivity contribution in [1.29, 1.82) is 0 Å². The standard InChI is InChI=1S/C19H11ClN4O4/c20-7-1-2-11-8(3-7)16(18(26)27)10-5-15(25)21-12-6-14-13(23-19(28)24-14)4-9(12)17(10)22-11/h1-4,6H,5H2,(H,21,25)(H,26,27)(H2,23,24,28). The van der Waals surface area contributed by atoms with Crippen LogP contribution in [0.2, 0.25) is 5.02 Å². The minimum Gasteiger partial charge on any atom is -0.478 e. The number of imidazole rings is 1. The summed E-state index contributed by atoms with van der Waals surface area (Å²) in [5.41, 5.74) is 2.77. The number of carbonyl (C=O) groups is 2. The number of aromatic amines is 2. The number of fused-ring (bicyclic) bond motifs is 5. The van der Waals surface area contributed by atoms with Crippen molar-refractivity contribution in [2.45, 2.75) is 6.42 Å². The van der Waals surface area contributed by atoms with Crippen LogP contribution in [0.25, 0.3) is 33.2 Å². The van der Waals surface area contributed by atoms with Gasteiger partial charge in [0.1, 0.15) is 0 Å². The van der Waals surface area contributed by atoms with E-state index in [1.54, 1.807) is 24.3 Å². The van der Waals surface area contributed by atoms with Gasteiger partial charge in [-0.15, -0.1) is 0 Å². The van der Waals surface area contributed by atoms with Crippen molar-refractivity contribution < 1.29 is 14.7 Å². The molecule has 0 atom stereocenters. The molecule has 0 radical (unpaired) electrons. The van der Waals surface area contributed by atoms with E-state index in [1.807, 2.05) is 0 Å². The maximum Gasteiger partial charge on any atom is 0.336 e. The van der Waals surface area contributed by atoms with E-state index in [0.717, 1.165) is 0 Å². The summed E-state index contributed by atoms with van der Waals surface area (Å²) < 4.78 is 0. The van der Waals surface area contributed by atoms with Gasteiger partial charge in [-0.3, -0.25) is 4.79 Å². The number of nitrogens with one attached hydrogen (secondary N) is 3. The second kappa shape index (κ2) is 5.67. The molecule has 0 saturated heterocycles. The first-order valence-electron chi connectivity index (χ1n) is 8.32. The molecule has 0 spiro atoms. The lowest BCUT2D eigenvalue weighted by molar-refractivity contribution is -0.115. The maximum atomic E-state index is 12.5. The van der Waals surface area contributed by atoms with Crippen LogP contribution in [0.3, 0.4) is 0 Å². The molecule has 2 aromatic carbocycles. The number of halogens is 1. The van der Waals surface area contributed by atoms with E-state index in [9.17, 15) is 19.5 Å². The Kier molecular flexibility index (Phi) is 3.35. The number of aromatic carboxylic acids is 1. The highest BCUT2D eigenvalue weighted by atomic mass is 35.5. The Bertz CT molecular complexity index is 1400. The Morgan fingerprint density at radius 1 is 1.11 bits per heavy atom. The fourth-order valence-electron chi connectivity index (χ4n) is 3.65. The Morgan fingerprint density at radius 3 is 2.61 bits per heavy atom. The van der Waals surface area contributed by atoms with E-state index in [1.165, 1.54) is 6.07 Å². The number of anilines is 1.